The number of halogens is 2. The molecule has 0 bridgehead atoms. The van der Waals surface area contributed by atoms with Crippen molar-refractivity contribution < 1.29 is 5.11 Å². The molecule has 0 radical (unpaired) electrons. The van der Waals surface area contributed by atoms with E-state index in [4.69, 9.17) is 28.2 Å². The quantitative estimate of drug-likeness (QED) is 0.404. The first-order chi connectivity index (χ1) is 13.1. The van der Waals surface area contributed by atoms with Crippen molar-refractivity contribution in [1.29, 1.82) is 0 Å². The van der Waals surface area contributed by atoms with Gasteiger partial charge in [-0.15, -0.1) is 0 Å². The molecule has 3 aromatic carbocycles. The molecule has 0 spiro atoms. The molecule has 132 valence electrons. The number of nitrogens with zero attached hydrogens (tertiary/aromatic N) is 1. The van der Waals surface area contributed by atoms with Gasteiger partial charge in [-0.2, -0.15) is 0 Å². The molecule has 4 heteroatoms. The standard InChI is InChI=1S/C23H15Cl2NO/c24-18-8-6-15(7-9-18)17-12-21(16-4-2-1-3-5-16)26-22(13-17)20-14-19(25)10-11-23(20)27/h1-14,27H. The van der Waals surface area contributed by atoms with Gasteiger partial charge in [0.1, 0.15) is 5.75 Å². The maximum Gasteiger partial charge on any atom is 0.125 e. The highest BCUT2D eigenvalue weighted by Crippen LogP contribution is 2.35. The van der Waals surface area contributed by atoms with E-state index >= 15 is 0 Å². The summed E-state index contributed by atoms with van der Waals surface area (Å²) < 4.78 is 0. The molecule has 0 fully saturated rings. The molecule has 2 nitrogen and oxygen atoms in total. The second-order valence-electron chi connectivity index (χ2n) is 6.16. The highest BCUT2D eigenvalue weighted by Gasteiger charge is 2.12. The molecule has 0 unspecified atom stereocenters. The highest BCUT2D eigenvalue weighted by molar-refractivity contribution is 6.31. The van der Waals surface area contributed by atoms with Crippen LogP contribution in [0.25, 0.3) is 33.6 Å². The number of aromatic hydroxyl groups is 1. The van der Waals surface area contributed by atoms with E-state index in [0.717, 1.165) is 22.4 Å². The number of pyridine rings is 1. The normalized spacial score (nSPS) is 10.7. The monoisotopic (exact) mass is 391 g/mol. The zero-order chi connectivity index (χ0) is 18.8. The topological polar surface area (TPSA) is 33.1 Å². The van der Waals surface area contributed by atoms with Gasteiger partial charge in [0.25, 0.3) is 0 Å². The van der Waals surface area contributed by atoms with E-state index in [-0.39, 0.29) is 5.75 Å². The molecule has 0 aliphatic rings. The number of aromatic nitrogens is 1. The van der Waals surface area contributed by atoms with E-state index < -0.39 is 0 Å². The lowest BCUT2D eigenvalue weighted by molar-refractivity contribution is 0.477. The number of phenols is 1. The third-order valence-electron chi connectivity index (χ3n) is 4.31. The van der Waals surface area contributed by atoms with Gasteiger partial charge >= 0.3 is 0 Å². The second kappa shape index (κ2) is 7.43. The predicted molar refractivity (Wildman–Crippen MR) is 112 cm³/mol. The fourth-order valence-corrected chi connectivity index (χ4v) is 3.25. The van der Waals surface area contributed by atoms with E-state index in [1.54, 1.807) is 18.2 Å². The van der Waals surface area contributed by atoms with E-state index in [1.165, 1.54) is 0 Å². The van der Waals surface area contributed by atoms with Crippen LogP contribution in [0.2, 0.25) is 10.0 Å². The van der Waals surface area contributed by atoms with Gasteiger partial charge in [0, 0.05) is 21.2 Å². The molecular weight excluding hydrogens is 377 g/mol. The van der Waals surface area contributed by atoms with Crippen LogP contribution in [-0.2, 0) is 0 Å². The molecule has 0 saturated heterocycles. The minimum absolute atomic E-state index is 0.138. The van der Waals surface area contributed by atoms with Gasteiger partial charge in [0.15, 0.2) is 0 Å². The number of hydrogen-bond donors (Lipinski definition) is 1. The summed E-state index contributed by atoms with van der Waals surface area (Å²) in [5, 5.41) is 11.6. The van der Waals surface area contributed by atoms with E-state index in [0.29, 0.717) is 21.3 Å². The van der Waals surface area contributed by atoms with Crippen LogP contribution < -0.4 is 0 Å². The smallest absolute Gasteiger partial charge is 0.125 e. The van der Waals surface area contributed by atoms with Gasteiger partial charge in [0.05, 0.1) is 11.4 Å². The van der Waals surface area contributed by atoms with Crippen molar-refractivity contribution in [3.63, 3.8) is 0 Å². The lowest BCUT2D eigenvalue weighted by Gasteiger charge is -2.11. The van der Waals surface area contributed by atoms with Crippen LogP contribution in [0.4, 0.5) is 0 Å². The zero-order valence-corrected chi connectivity index (χ0v) is 15.7. The van der Waals surface area contributed by atoms with Crippen molar-refractivity contribution in [2.24, 2.45) is 0 Å². The first-order valence-corrected chi connectivity index (χ1v) is 9.18. The molecule has 1 heterocycles. The molecule has 0 aliphatic heterocycles. The molecule has 0 atom stereocenters. The number of phenolic OH excluding ortho intramolecular Hbond substituents is 1. The Bertz CT molecular complexity index is 1090. The summed E-state index contributed by atoms with van der Waals surface area (Å²) in [5.74, 6) is 0.138. The van der Waals surface area contributed by atoms with Crippen LogP contribution >= 0.6 is 23.2 Å². The Morgan fingerprint density at radius 2 is 1.26 bits per heavy atom. The molecule has 27 heavy (non-hydrogen) atoms. The number of rotatable bonds is 3. The Kier molecular flexibility index (Phi) is 4.85. The summed E-state index contributed by atoms with van der Waals surface area (Å²) in [7, 11) is 0. The fourth-order valence-electron chi connectivity index (χ4n) is 2.95. The molecule has 0 aliphatic carbocycles. The Hall–Kier alpha value is -2.81. The molecule has 0 saturated carbocycles. The van der Waals surface area contributed by atoms with Crippen LogP contribution in [0.15, 0.2) is 84.9 Å². The molecule has 1 N–H and O–H groups in total. The van der Waals surface area contributed by atoms with Gasteiger partial charge < -0.3 is 5.11 Å². The van der Waals surface area contributed by atoms with Gasteiger partial charge in [-0.05, 0) is 53.6 Å². The van der Waals surface area contributed by atoms with E-state index in [9.17, 15) is 5.11 Å². The number of hydrogen-bond acceptors (Lipinski definition) is 2. The van der Waals surface area contributed by atoms with Gasteiger partial charge in [-0.25, -0.2) is 4.98 Å². The van der Waals surface area contributed by atoms with Crippen LogP contribution in [0.1, 0.15) is 0 Å². The Balaban J connectivity index is 1.94. The first-order valence-electron chi connectivity index (χ1n) is 8.42. The van der Waals surface area contributed by atoms with Crippen LogP contribution in [0, 0.1) is 0 Å². The summed E-state index contributed by atoms with van der Waals surface area (Å²) >= 11 is 12.2. The largest absolute Gasteiger partial charge is 0.507 e. The zero-order valence-electron chi connectivity index (χ0n) is 14.2. The van der Waals surface area contributed by atoms with Crippen molar-refractivity contribution in [1.82, 2.24) is 4.98 Å². The molecule has 1 aromatic heterocycles. The molecule has 0 amide bonds. The van der Waals surface area contributed by atoms with Crippen molar-refractivity contribution in [3.05, 3.63) is 95.0 Å². The van der Waals surface area contributed by atoms with Crippen molar-refractivity contribution >= 4 is 23.2 Å². The lowest BCUT2D eigenvalue weighted by atomic mass is 10.00. The first kappa shape index (κ1) is 17.6. The van der Waals surface area contributed by atoms with Crippen molar-refractivity contribution in [2.45, 2.75) is 0 Å². The third kappa shape index (κ3) is 3.82. The van der Waals surface area contributed by atoms with Crippen LogP contribution in [0.5, 0.6) is 5.75 Å². The Labute approximate surface area is 167 Å². The summed E-state index contributed by atoms with van der Waals surface area (Å²) in [5.41, 5.74) is 5.06. The summed E-state index contributed by atoms with van der Waals surface area (Å²) in [6.07, 6.45) is 0. The average molecular weight is 392 g/mol. The number of benzene rings is 3. The van der Waals surface area contributed by atoms with Crippen molar-refractivity contribution in [3.8, 4) is 39.4 Å². The Morgan fingerprint density at radius 1 is 0.593 bits per heavy atom. The highest BCUT2D eigenvalue weighted by atomic mass is 35.5. The van der Waals surface area contributed by atoms with Gasteiger partial charge in [0.2, 0.25) is 0 Å². The van der Waals surface area contributed by atoms with Gasteiger partial charge in [-0.1, -0.05) is 65.7 Å². The minimum Gasteiger partial charge on any atom is -0.507 e. The molecule has 4 aromatic rings. The van der Waals surface area contributed by atoms with E-state index in [1.807, 2.05) is 66.7 Å². The van der Waals surface area contributed by atoms with Crippen molar-refractivity contribution in [2.75, 3.05) is 0 Å². The second-order valence-corrected chi connectivity index (χ2v) is 7.03. The fraction of sp³-hybridized carbons (Fsp3) is 0. The maximum atomic E-state index is 10.3. The Morgan fingerprint density at radius 3 is 2.00 bits per heavy atom. The minimum atomic E-state index is 0.138. The predicted octanol–water partition coefficient (Wildman–Crippen LogP) is 7.10. The lowest BCUT2D eigenvalue weighted by Crippen LogP contribution is -1.91. The van der Waals surface area contributed by atoms with Crippen LogP contribution in [0.3, 0.4) is 0 Å². The summed E-state index contributed by atoms with van der Waals surface area (Å²) in [6, 6.07) is 26.5. The van der Waals surface area contributed by atoms with Crippen LogP contribution in [-0.4, -0.2) is 10.1 Å². The average Bonchev–Trinajstić information content (AvgIpc) is 2.70. The summed E-state index contributed by atoms with van der Waals surface area (Å²) in [4.78, 5) is 4.77. The summed E-state index contributed by atoms with van der Waals surface area (Å²) in [6.45, 7) is 0. The SMILES string of the molecule is Oc1ccc(Cl)cc1-c1cc(-c2ccc(Cl)cc2)cc(-c2ccccc2)n1. The molecular formula is C23H15Cl2NO. The maximum absolute atomic E-state index is 10.3. The van der Waals surface area contributed by atoms with E-state index in [2.05, 4.69) is 0 Å². The van der Waals surface area contributed by atoms with Gasteiger partial charge in [-0.3, -0.25) is 0 Å². The third-order valence-corrected chi connectivity index (χ3v) is 4.79. The molecule has 4 rings (SSSR count).